The number of carbonyl (C=O) groups is 1. The summed E-state index contributed by atoms with van der Waals surface area (Å²) in [6.45, 7) is 5.68. The van der Waals surface area contributed by atoms with Crippen LogP contribution in [0.1, 0.15) is 26.3 Å². The van der Waals surface area contributed by atoms with E-state index < -0.39 is 11.7 Å². The fourth-order valence-corrected chi connectivity index (χ4v) is 1.91. The molecule has 0 spiro atoms. The maximum atomic E-state index is 11.6. The molecule has 1 N–H and O–H groups in total. The predicted molar refractivity (Wildman–Crippen MR) is 76.6 cm³/mol. The fraction of sp³-hybridized carbons (Fsp3) is 0.462. The zero-order valence-electron chi connectivity index (χ0n) is 11.9. The minimum absolute atomic E-state index is 0.256. The van der Waals surface area contributed by atoms with Gasteiger partial charge in [0.15, 0.2) is 5.65 Å². The van der Waals surface area contributed by atoms with Gasteiger partial charge in [0.2, 0.25) is 0 Å². The number of nitrogens with one attached hydrogen (secondary N) is 1. The quantitative estimate of drug-likeness (QED) is 0.865. The average molecular weight is 297 g/mol. The third-order valence-electron chi connectivity index (χ3n) is 2.56. The summed E-state index contributed by atoms with van der Waals surface area (Å²) in [6, 6.07) is 1.86. The van der Waals surface area contributed by atoms with Gasteiger partial charge in [0, 0.05) is 24.5 Å². The maximum Gasteiger partial charge on any atom is 0.407 e. The van der Waals surface area contributed by atoms with Gasteiger partial charge in [-0.25, -0.2) is 9.78 Å². The van der Waals surface area contributed by atoms with Gasteiger partial charge in [0.25, 0.3) is 0 Å². The van der Waals surface area contributed by atoms with Gasteiger partial charge < -0.3 is 10.1 Å². The summed E-state index contributed by atoms with van der Waals surface area (Å²) in [6.07, 6.45) is 1.22. The van der Waals surface area contributed by atoms with E-state index >= 15 is 0 Å². The molecule has 20 heavy (non-hydrogen) atoms. The number of aryl methyl sites for hydroxylation is 1. The van der Waals surface area contributed by atoms with E-state index in [4.69, 9.17) is 16.3 Å². The lowest BCUT2D eigenvalue weighted by Crippen LogP contribution is -2.32. The third-order valence-corrected chi connectivity index (χ3v) is 2.88. The van der Waals surface area contributed by atoms with Crippen LogP contribution >= 0.6 is 11.6 Å². The fourth-order valence-electron chi connectivity index (χ4n) is 1.70. The molecule has 2 rings (SSSR count). The summed E-state index contributed by atoms with van der Waals surface area (Å²) in [5, 5.41) is 7.98. The molecule has 0 unspecified atom stereocenters. The molecule has 0 saturated heterocycles. The van der Waals surface area contributed by atoms with E-state index in [1.54, 1.807) is 17.9 Å². The van der Waals surface area contributed by atoms with Gasteiger partial charge in [-0.05, 0) is 26.8 Å². The number of pyridine rings is 1. The highest BCUT2D eigenvalue weighted by Gasteiger charge is 2.16. The van der Waals surface area contributed by atoms with Crippen LogP contribution in [0.5, 0.6) is 0 Å². The van der Waals surface area contributed by atoms with E-state index in [0.29, 0.717) is 10.8 Å². The number of ether oxygens (including phenoxy) is 1. The molecule has 7 heteroatoms. The summed E-state index contributed by atoms with van der Waals surface area (Å²) in [5.41, 5.74) is 0.897. The number of halogens is 1. The first kappa shape index (κ1) is 14.6. The van der Waals surface area contributed by atoms with Crippen LogP contribution in [0.25, 0.3) is 11.0 Å². The normalized spacial score (nSPS) is 11.7. The minimum atomic E-state index is -0.528. The number of nitrogens with zero attached hydrogens (tertiary/aromatic N) is 3. The Bertz CT molecular complexity index is 646. The van der Waals surface area contributed by atoms with E-state index in [-0.39, 0.29) is 6.54 Å². The molecule has 108 valence electrons. The van der Waals surface area contributed by atoms with Crippen LogP contribution < -0.4 is 5.32 Å². The smallest absolute Gasteiger partial charge is 0.407 e. The lowest BCUT2D eigenvalue weighted by atomic mass is 10.2. The highest BCUT2D eigenvalue weighted by molar-refractivity contribution is 6.30. The van der Waals surface area contributed by atoms with E-state index in [9.17, 15) is 4.79 Å². The summed E-state index contributed by atoms with van der Waals surface area (Å²) >= 11 is 6.10. The van der Waals surface area contributed by atoms with Crippen molar-refractivity contribution in [3.63, 3.8) is 0 Å². The number of amides is 1. The zero-order chi connectivity index (χ0) is 14.9. The number of hydrogen-bond donors (Lipinski definition) is 1. The summed E-state index contributed by atoms with van der Waals surface area (Å²) in [7, 11) is 1.80. The standard InChI is InChI=1S/C13H17ClN4O2/c1-13(2,3)20-12(19)15-6-8-5-9-7-16-18(4)11(9)17-10(8)14/h5,7H,6H2,1-4H3,(H,15,19). The number of fused-ring (bicyclic) bond motifs is 1. The number of hydrogen-bond acceptors (Lipinski definition) is 4. The van der Waals surface area contributed by atoms with Crippen molar-refractivity contribution in [1.82, 2.24) is 20.1 Å². The molecule has 0 aliphatic rings. The van der Waals surface area contributed by atoms with Crippen molar-refractivity contribution in [2.45, 2.75) is 32.9 Å². The Hall–Kier alpha value is -1.82. The van der Waals surface area contributed by atoms with Crippen molar-refractivity contribution < 1.29 is 9.53 Å². The Balaban J connectivity index is 2.10. The van der Waals surface area contributed by atoms with Crippen LogP contribution in [0.2, 0.25) is 5.15 Å². The van der Waals surface area contributed by atoms with E-state index in [0.717, 1.165) is 10.9 Å². The van der Waals surface area contributed by atoms with Crippen molar-refractivity contribution in [3.05, 3.63) is 23.0 Å². The molecule has 0 aromatic carbocycles. The van der Waals surface area contributed by atoms with Crippen molar-refractivity contribution in [3.8, 4) is 0 Å². The number of carbonyl (C=O) groups excluding carboxylic acids is 1. The van der Waals surface area contributed by atoms with E-state index in [2.05, 4.69) is 15.4 Å². The van der Waals surface area contributed by atoms with Crippen molar-refractivity contribution in [2.24, 2.45) is 7.05 Å². The van der Waals surface area contributed by atoms with Gasteiger partial charge in [0.05, 0.1) is 6.20 Å². The number of rotatable bonds is 2. The molecule has 2 aromatic heterocycles. The molecular weight excluding hydrogens is 280 g/mol. The van der Waals surface area contributed by atoms with Crippen LogP contribution in [0.3, 0.4) is 0 Å². The largest absolute Gasteiger partial charge is 0.444 e. The van der Waals surface area contributed by atoms with Crippen LogP contribution in [-0.2, 0) is 18.3 Å². The molecule has 2 heterocycles. The minimum Gasteiger partial charge on any atom is -0.444 e. The van der Waals surface area contributed by atoms with Gasteiger partial charge in [-0.1, -0.05) is 11.6 Å². The average Bonchev–Trinajstić information content (AvgIpc) is 2.66. The topological polar surface area (TPSA) is 69.0 Å². The summed E-state index contributed by atoms with van der Waals surface area (Å²) < 4.78 is 6.81. The Morgan fingerprint density at radius 3 is 2.85 bits per heavy atom. The van der Waals surface area contributed by atoms with E-state index in [1.165, 1.54) is 0 Å². The second kappa shape index (κ2) is 5.28. The Kier molecular flexibility index (Phi) is 3.85. The molecular formula is C13H17ClN4O2. The molecule has 2 aromatic rings. The van der Waals surface area contributed by atoms with Crippen molar-refractivity contribution in [1.29, 1.82) is 0 Å². The maximum absolute atomic E-state index is 11.6. The molecule has 0 aliphatic carbocycles. The van der Waals surface area contributed by atoms with Crippen molar-refractivity contribution >= 4 is 28.7 Å². The Morgan fingerprint density at radius 1 is 1.50 bits per heavy atom. The lowest BCUT2D eigenvalue weighted by molar-refractivity contribution is 0.0523. The van der Waals surface area contributed by atoms with Gasteiger partial charge in [-0.2, -0.15) is 5.10 Å². The van der Waals surface area contributed by atoms with E-state index in [1.807, 2.05) is 26.8 Å². The van der Waals surface area contributed by atoms with Crippen LogP contribution in [-0.4, -0.2) is 26.5 Å². The highest BCUT2D eigenvalue weighted by atomic mass is 35.5. The predicted octanol–water partition coefficient (Wildman–Crippen LogP) is 2.65. The first-order valence-corrected chi connectivity index (χ1v) is 6.58. The second-order valence-electron chi connectivity index (χ2n) is 5.47. The van der Waals surface area contributed by atoms with Crippen LogP contribution in [0.4, 0.5) is 4.79 Å². The summed E-state index contributed by atoms with van der Waals surface area (Å²) in [5.74, 6) is 0. The Labute approximate surface area is 122 Å². The van der Waals surface area contributed by atoms with Crippen LogP contribution in [0, 0.1) is 0 Å². The zero-order valence-corrected chi connectivity index (χ0v) is 12.7. The molecule has 0 bridgehead atoms. The monoisotopic (exact) mass is 296 g/mol. The molecule has 0 aliphatic heterocycles. The summed E-state index contributed by atoms with van der Waals surface area (Å²) in [4.78, 5) is 15.9. The molecule has 0 radical (unpaired) electrons. The van der Waals surface area contributed by atoms with Gasteiger partial charge in [-0.3, -0.25) is 4.68 Å². The number of aromatic nitrogens is 3. The van der Waals surface area contributed by atoms with Gasteiger partial charge in [0.1, 0.15) is 10.8 Å². The van der Waals surface area contributed by atoms with Crippen LogP contribution in [0.15, 0.2) is 12.3 Å². The van der Waals surface area contributed by atoms with Crippen molar-refractivity contribution in [2.75, 3.05) is 0 Å². The lowest BCUT2D eigenvalue weighted by Gasteiger charge is -2.19. The third kappa shape index (κ3) is 3.39. The SMILES string of the molecule is Cn1ncc2cc(CNC(=O)OC(C)(C)C)c(Cl)nc21. The molecule has 0 atom stereocenters. The highest BCUT2D eigenvalue weighted by Crippen LogP contribution is 2.20. The molecule has 0 fully saturated rings. The van der Waals surface area contributed by atoms with Gasteiger partial charge in [-0.15, -0.1) is 0 Å². The molecule has 1 amide bonds. The molecule has 0 saturated carbocycles. The molecule has 6 nitrogen and oxygen atoms in total. The first-order valence-electron chi connectivity index (χ1n) is 6.20. The van der Waals surface area contributed by atoms with Gasteiger partial charge >= 0.3 is 6.09 Å². The number of alkyl carbamates (subject to hydrolysis) is 1. The first-order chi connectivity index (χ1) is 9.26. The second-order valence-corrected chi connectivity index (χ2v) is 5.83. The Morgan fingerprint density at radius 2 is 2.20 bits per heavy atom.